The molecule has 0 aliphatic carbocycles. The topological polar surface area (TPSA) is 49.3 Å². The van der Waals surface area contributed by atoms with Gasteiger partial charge in [0.2, 0.25) is 0 Å². The van der Waals surface area contributed by atoms with Crippen LogP contribution < -0.4 is 5.32 Å². The van der Waals surface area contributed by atoms with Crippen molar-refractivity contribution in [2.24, 2.45) is 5.92 Å². The second-order valence-electron chi connectivity index (χ2n) is 4.40. The van der Waals surface area contributed by atoms with E-state index in [2.05, 4.69) is 26.1 Å². The summed E-state index contributed by atoms with van der Waals surface area (Å²) in [6, 6.07) is 5.30. The maximum atomic E-state index is 10.8. The van der Waals surface area contributed by atoms with Crippen molar-refractivity contribution in [3.63, 3.8) is 0 Å². The van der Waals surface area contributed by atoms with Crippen LogP contribution in [-0.2, 0) is 0 Å². The molecule has 0 saturated heterocycles. The van der Waals surface area contributed by atoms with Crippen molar-refractivity contribution in [1.82, 2.24) is 0 Å². The van der Waals surface area contributed by atoms with Gasteiger partial charge in [0.05, 0.1) is 10.6 Å². The Bertz CT molecular complexity index is 404. The first-order valence-corrected chi connectivity index (χ1v) is 6.12. The van der Waals surface area contributed by atoms with Crippen LogP contribution in [0.1, 0.15) is 37.6 Å². The van der Waals surface area contributed by atoms with E-state index in [-0.39, 0.29) is 10.6 Å². The third kappa shape index (κ3) is 3.63. The molecular formula is C13H18ClNO2. The van der Waals surface area contributed by atoms with Crippen molar-refractivity contribution in [3.05, 3.63) is 28.8 Å². The molecule has 2 N–H and O–H groups in total. The molecular weight excluding hydrogens is 238 g/mol. The van der Waals surface area contributed by atoms with Gasteiger partial charge in [0.25, 0.3) is 0 Å². The van der Waals surface area contributed by atoms with E-state index < -0.39 is 5.97 Å². The molecule has 0 spiro atoms. The van der Waals surface area contributed by atoms with E-state index in [0.29, 0.717) is 12.0 Å². The summed E-state index contributed by atoms with van der Waals surface area (Å²) in [5.41, 5.74) is 0.996. The molecule has 17 heavy (non-hydrogen) atoms. The van der Waals surface area contributed by atoms with Crippen LogP contribution >= 0.6 is 11.6 Å². The van der Waals surface area contributed by atoms with Gasteiger partial charge in [-0.2, -0.15) is 0 Å². The lowest BCUT2D eigenvalue weighted by molar-refractivity contribution is 0.0697. The Morgan fingerprint density at radius 1 is 1.47 bits per heavy atom. The van der Waals surface area contributed by atoms with Crippen LogP contribution in [0.3, 0.4) is 0 Å². The zero-order valence-electron chi connectivity index (χ0n) is 10.3. The molecule has 0 radical (unpaired) electrons. The molecule has 1 aromatic rings. The second-order valence-corrected chi connectivity index (χ2v) is 4.81. The van der Waals surface area contributed by atoms with Gasteiger partial charge in [-0.25, -0.2) is 4.79 Å². The van der Waals surface area contributed by atoms with Gasteiger partial charge < -0.3 is 10.4 Å². The molecule has 0 aliphatic heterocycles. The van der Waals surface area contributed by atoms with Gasteiger partial charge in [-0.05, 0) is 30.5 Å². The van der Waals surface area contributed by atoms with E-state index in [1.807, 2.05) is 0 Å². The zero-order valence-corrected chi connectivity index (χ0v) is 11.1. The fourth-order valence-electron chi connectivity index (χ4n) is 1.73. The quantitative estimate of drug-likeness (QED) is 0.839. The highest BCUT2D eigenvalue weighted by molar-refractivity contribution is 6.33. The van der Waals surface area contributed by atoms with Crippen LogP contribution in [0, 0.1) is 5.92 Å². The highest BCUT2D eigenvalue weighted by Crippen LogP contribution is 2.23. The molecule has 0 saturated carbocycles. The number of carbonyl (C=O) groups is 1. The molecule has 0 amide bonds. The van der Waals surface area contributed by atoms with Gasteiger partial charge in [-0.15, -0.1) is 0 Å². The van der Waals surface area contributed by atoms with Gasteiger partial charge in [0.1, 0.15) is 0 Å². The summed E-state index contributed by atoms with van der Waals surface area (Å²) < 4.78 is 0. The molecule has 1 aromatic carbocycles. The molecule has 0 fully saturated rings. The summed E-state index contributed by atoms with van der Waals surface area (Å²) in [4.78, 5) is 10.8. The van der Waals surface area contributed by atoms with E-state index in [1.54, 1.807) is 12.1 Å². The van der Waals surface area contributed by atoms with Crippen LogP contribution in [0.4, 0.5) is 5.69 Å². The third-order valence-electron chi connectivity index (χ3n) is 2.80. The number of carboxylic acids is 1. The molecule has 94 valence electrons. The molecule has 0 aliphatic rings. The largest absolute Gasteiger partial charge is 0.478 e. The molecule has 4 heteroatoms. The minimum absolute atomic E-state index is 0.134. The molecule has 0 aromatic heterocycles. The number of rotatable bonds is 5. The highest BCUT2D eigenvalue weighted by atomic mass is 35.5. The van der Waals surface area contributed by atoms with Crippen molar-refractivity contribution in [3.8, 4) is 0 Å². The maximum absolute atomic E-state index is 10.8. The van der Waals surface area contributed by atoms with Crippen molar-refractivity contribution in [2.75, 3.05) is 5.32 Å². The predicted molar refractivity (Wildman–Crippen MR) is 71.0 cm³/mol. The number of carboxylic acid groups (broad SMARTS) is 1. The standard InChI is InChI=1S/C13H18ClNO2/c1-4-12(8(2)3)15-9-5-6-10(13(16)17)11(14)7-9/h5-8,12,15H,4H2,1-3H3,(H,16,17). The normalized spacial score (nSPS) is 12.5. The van der Waals surface area contributed by atoms with E-state index in [9.17, 15) is 4.79 Å². The minimum Gasteiger partial charge on any atom is -0.478 e. The Labute approximate surface area is 107 Å². The maximum Gasteiger partial charge on any atom is 0.337 e. The fraction of sp³-hybridized carbons (Fsp3) is 0.462. The minimum atomic E-state index is -1.00. The lowest BCUT2D eigenvalue weighted by atomic mass is 10.0. The number of halogens is 1. The van der Waals surface area contributed by atoms with Crippen LogP contribution in [0.5, 0.6) is 0 Å². The molecule has 0 bridgehead atoms. The smallest absolute Gasteiger partial charge is 0.337 e. The summed E-state index contributed by atoms with van der Waals surface area (Å²) >= 11 is 5.91. The Kier molecular flexibility index (Phi) is 4.82. The average Bonchev–Trinajstić information content (AvgIpc) is 2.24. The Morgan fingerprint density at radius 3 is 2.53 bits per heavy atom. The molecule has 0 heterocycles. The molecule has 1 unspecified atom stereocenters. The summed E-state index contributed by atoms with van der Waals surface area (Å²) in [7, 11) is 0. The summed E-state index contributed by atoms with van der Waals surface area (Å²) in [5, 5.41) is 12.5. The second kappa shape index (κ2) is 5.92. The van der Waals surface area contributed by atoms with Gasteiger partial charge in [-0.1, -0.05) is 32.4 Å². The molecule has 3 nitrogen and oxygen atoms in total. The van der Waals surface area contributed by atoms with Crippen LogP contribution in [0.15, 0.2) is 18.2 Å². The monoisotopic (exact) mass is 255 g/mol. The summed E-state index contributed by atoms with van der Waals surface area (Å²) in [5.74, 6) is -0.490. The number of nitrogens with one attached hydrogen (secondary N) is 1. The van der Waals surface area contributed by atoms with Crippen LogP contribution in [0.25, 0.3) is 0 Å². The van der Waals surface area contributed by atoms with Gasteiger partial charge in [-0.3, -0.25) is 0 Å². The summed E-state index contributed by atoms with van der Waals surface area (Å²) in [6.07, 6.45) is 1.01. The first-order chi connectivity index (χ1) is 7.95. The number of benzene rings is 1. The zero-order chi connectivity index (χ0) is 13.0. The number of anilines is 1. The van der Waals surface area contributed by atoms with E-state index in [1.165, 1.54) is 6.07 Å². The number of hydrogen-bond donors (Lipinski definition) is 2. The van der Waals surface area contributed by atoms with Gasteiger partial charge in [0.15, 0.2) is 0 Å². The van der Waals surface area contributed by atoms with Crippen LogP contribution in [-0.4, -0.2) is 17.1 Å². The molecule has 1 atom stereocenters. The van der Waals surface area contributed by atoms with Crippen LogP contribution in [0.2, 0.25) is 5.02 Å². The van der Waals surface area contributed by atoms with Gasteiger partial charge in [0, 0.05) is 11.7 Å². The lowest BCUT2D eigenvalue weighted by Gasteiger charge is -2.22. The van der Waals surface area contributed by atoms with Crippen molar-refractivity contribution >= 4 is 23.3 Å². The first kappa shape index (κ1) is 13.8. The lowest BCUT2D eigenvalue weighted by Crippen LogP contribution is -2.24. The van der Waals surface area contributed by atoms with Crippen molar-refractivity contribution in [1.29, 1.82) is 0 Å². The number of aromatic carboxylic acids is 1. The van der Waals surface area contributed by atoms with E-state index in [0.717, 1.165) is 12.1 Å². The first-order valence-electron chi connectivity index (χ1n) is 5.75. The van der Waals surface area contributed by atoms with Crippen molar-refractivity contribution < 1.29 is 9.90 Å². The molecule has 1 rings (SSSR count). The SMILES string of the molecule is CCC(Nc1ccc(C(=O)O)c(Cl)c1)C(C)C. The average molecular weight is 256 g/mol. The number of hydrogen-bond acceptors (Lipinski definition) is 2. The van der Waals surface area contributed by atoms with E-state index >= 15 is 0 Å². The Hall–Kier alpha value is -1.22. The van der Waals surface area contributed by atoms with E-state index in [4.69, 9.17) is 16.7 Å². The fourth-order valence-corrected chi connectivity index (χ4v) is 1.99. The summed E-state index contributed by atoms with van der Waals surface area (Å²) in [6.45, 7) is 6.41. The van der Waals surface area contributed by atoms with Crippen molar-refractivity contribution in [2.45, 2.75) is 33.2 Å². The predicted octanol–water partition coefficient (Wildman–Crippen LogP) is 3.88. The highest BCUT2D eigenvalue weighted by Gasteiger charge is 2.13. The Morgan fingerprint density at radius 2 is 2.12 bits per heavy atom. The van der Waals surface area contributed by atoms with Gasteiger partial charge >= 0.3 is 5.97 Å². The third-order valence-corrected chi connectivity index (χ3v) is 3.11. The Balaban J connectivity index is 2.87.